The van der Waals surface area contributed by atoms with E-state index in [-0.39, 0.29) is 5.78 Å². The van der Waals surface area contributed by atoms with E-state index in [1.807, 2.05) is 13.1 Å². The predicted molar refractivity (Wildman–Crippen MR) is 66.4 cm³/mol. The number of fused-ring (bicyclic) bond motifs is 1. The molecule has 1 aliphatic rings. The highest BCUT2D eigenvalue weighted by molar-refractivity contribution is 14.1. The van der Waals surface area contributed by atoms with Crippen LogP contribution in [0.5, 0.6) is 0 Å². The Balaban J connectivity index is 2.50. The van der Waals surface area contributed by atoms with Crippen molar-refractivity contribution < 1.29 is 4.79 Å². The molecule has 14 heavy (non-hydrogen) atoms. The zero-order valence-electron chi connectivity index (χ0n) is 8.09. The van der Waals surface area contributed by atoms with Crippen LogP contribution in [0.3, 0.4) is 0 Å². The molecule has 0 bridgehead atoms. The first-order valence-corrected chi connectivity index (χ1v) is 6.18. The van der Waals surface area contributed by atoms with Crippen molar-refractivity contribution in [2.24, 2.45) is 0 Å². The molecule has 0 aromatic heterocycles. The van der Waals surface area contributed by atoms with Crippen LogP contribution in [0.25, 0.3) is 0 Å². The highest BCUT2D eigenvalue weighted by atomic mass is 127. The van der Waals surface area contributed by atoms with E-state index in [1.165, 1.54) is 5.56 Å². The molecule has 3 heteroatoms. The van der Waals surface area contributed by atoms with Gasteiger partial charge in [0.05, 0.1) is 0 Å². The van der Waals surface area contributed by atoms with Gasteiger partial charge in [-0.15, -0.1) is 0 Å². The second-order valence-corrected chi connectivity index (χ2v) is 4.34. The van der Waals surface area contributed by atoms with E-state index in [0.717, 1.165) is 22.2 Å². The molecule has 0 amide bonds. The maximum absolute atomic E-state index is 11.7. The number of benzene rings is 1. The maximum Gasteiger partial charge on any atom is 0.166 e. The number of alkyl halides is 1. The normalized spacial score (nSPS) is 15.6. The van der Waals surface area contributed by atoms with Crippen molar-refractivity contribution in [1.82, 2.24) is 0 Å². The number of carbonyl (C=O) groups is 1. The number of hydrogen-bond acceptors (Lipinski definition) is 2. The minimum absolute atomic E-state index is 0.282. The third kappa shape index (κ3) is 1.65. The van der Waals surface area contributed by atoms with Crippen molar-refractivity contribution in [1.29, 1.82) is 0 Å². The van der Waals surface area contributed by atoms with Gasteiger partial charge in [-0.2, -0.15) is 0 Å². The summed E-state index contributed by atoms with van der Waals surface area (Å²) in [5, 5.41) is 0. The summed E-state index contributed by atoms with van der Waals surface area (Å²) < 4.78 is 0.960. The van der Waals surface area contributed by atoms with Crippen molar-refractivity contribution in [3.8, 4) is 0 Å². The lowest BCUT2D eigenvalue weighted by Crippen LogP contribution is -2.28. The molecule has 0 fully saturated rings. The monoisotopic (exact) mass is 301 g/mol. The van der Waals surface area contributed by atoms with Gasteiger partial charge in [-0.05, 0) is 17.7 Å². The van der Waals surface area contributed by atoms with Gasteiger partial charge in [-0.25, -0.2) is 0 Å². The minimum Gasteiger partial charge on any atom is -0.374 e. The number of ketones is 1. The van der Waals surface area contributed by atoms with Gasteiger partial charge in [-0.3, -0.25) is 4.79 Å². The minimum atomic E-state index is 0.282. The predicted octanol–water partition coefficient (Wildman–Crippen LogP) is 2.64. The van der Waals surface area contributed by atoms with Gasteiger partial charge in [0.25, 0.3) is 0 Å². The van der Waals surface area contributed by atoms with Gasteiger partial charge in [0.1, 0.15) is 0 Å². The van der Waals surface area contributed by atoms with Crippen molar-refractivity contribution in [2.75, 3.05) is 18.5 Å². The molecule has 1 aromatic rings. The summed E-state index contributed by atoms with van der Waals surface area (Å²) in [6.07, 6.45) is 0.647. The molecule has 0 saturated carbocycles. The Labute approximate surface area is 97.4 Å². The standard InChI is InChI=1S/C11H12INO/c1-13-5-4-11(14)9-6-8(7-12)2-3-10(9)13/h2-3,6H,4-5,7H2,1H3. The smallest absolute Gasteiger partial charge is 0.166 e. The van der Waals surface area contributed by atoms with E-state index >= 15 is 0 Å². The molecule has 0 N–H and O–H groups in total. The molecular formula is C11H12INO. The topological polar surface area (TPSA) is 20.3 Å². The zero-order chi connectivity index (χ0) is 10.1. The molecule has 0 radical (unpaired) electrons. The lowest BCUT2D eigenvalue weighted by Gasteiger charge is -2.26. The highest BCUT2D eigenvalue weighted by Crippen LogP contribution is 2.27. The molecule has 1 aliphatic heterocycles. The molecule has 1 aromatic carbocycles. The van der Waals surface area contributed by atoms with Crippen LogP contribution in [0.2, 0.25) is 0 Å². The number of carbonyl (C=O) groups excluding carboxylic acids is 1. The number of Topliss-reactive ketones (excluding diaryl/α,β-unsaturated/α-hetero) is 1. The summed E-state index contributed by atoms with van der Waals surface area (Å²) in [5.74, 6) is 0.282. The van der Waals surface area contributed by atoms with Gasteiger partial charge < -0.3 is 4.90 Å². The first-order chi connectivity index (χ1) is 6.72. The average molecular weight is 301 g/mol. The maximum atomic E-state index is 11.7. The highest BCUT2D eigenvalue weighted by Gasteiger charge is 2.20. The third-order valence-corrected chi connectivity index (χ3v) is 3.48. The van der Waals surface area contributed by atoms with Crippen LogP contribution in [-0.2, 0) is 4.43 Å². The van der Waals surface area contributed by atoms with Crippen LogP contribution in [0.4, 0.5) is 5.69 Å². The Bertz CT molecular complexity index is 376. The first kappa shape index (κ1) is 9.96. The first-order valence-electron chi connectivity index (χ1n) is 4.65. The van der Waals surface area contributed by atoms with Crippen LogP contribution in [0, 0.1) is 0 Å². The number of hydrogen-bond donors (Lipinski definition) is 0. The molecule has 74 valence electrons. The summed E-state index contributed by atoms with van der Waals surface area (Å²) in [4.78, 5) is 13.8. The Morgan fingerprint density at radius 3 is 3.00 bits per heavy atom. The van der Waals surface area contributed by atoms with Crippen LogP contribution >= 0.6 is 22.6 Å². The summed E-state index contributed by atoms with van der Waals surface area (Å²) >= 11 is 2.32. The molecule has 0 unspecified atom stereocenters. The van der Waals surface area contributed by atoms with E-state index in [0.29, 0.717) is 6.42 Å². The third-order valence-electron chi connectivity index (χ3n) is 2.60. The number of anilines is 1. The molecule has 0 aliphatic carbocycles. The van der Waals surface area contributed by atoms with Crippen LogP contribution in [0.1, 0.15) is 22.3 Å². The molecule has 0 atom stereocenters. The summed E-state index contributed by atoms with van der Waals surface area (Å²) in [5.41, 5.74) is 3.20. The fourth-order valence-corrected chi connectivity index (χ4v) is 2.22. The number of halogens is 1. The van der Waals surface area contributed by atoms with Crippen molar-refractivity contribution in [3.05, 3.63) is 29.3 Å². The second kappa shape index (κ2) is 3.88. The fourth-order valence-electron chi connectivity index (χ4n) is 1.75. The Morgan fingerprint density at radius 2 is 2.29 bits per heavy atom. The van der Waals surface area contributed by atoms with Crippen LogP contribution in [0.15, 0.2) is 18.2 Å². The van der Waals surface area contributed by atoms with Gasteiger partial charge in [-0.1, -0.05) is 28.7 Å². The molecule has 2 rings (SSSR count). The van der Waals surface area contributed by atoms with Gasteiger partial charge in [0, 0.05) is 35.7 Å². The fraction of sp³-hybridized carbons (Fsp3) is 0.364. The summed E-state index contributed by atoms with van der Waals surface area (Å²) in [7, 11) is 2.04. The van der Waals surface area contributed by atoms with Gasteiger partial charge in [0.2, 0.25) is 0 Å². The van der Waals surface area contributed by atoms with E-state index in [9.17, 15) is 4.79 Å². The van der Waals surface area contributed by atoms with Crippen LogP contribution < -0.4 is 4.90 Å². The van der Waals surface area contributed by atoms with E-state index in [1.54, 1.807) is 0 Å². The average Bonchev–Trinajstić information content (AvgIpc) is 2.23. The van der Waals surface area contributed by atoms with Crippen LogP contribution in [-0.4, -0.2) is 19.4 Å². The quantitative estimate of drug-likeness (QED) is 0.587. The van der Waals surface area contributed by atoms with Gasteiger partial charge >= 0.3 is 0 Å². The lowest BCUT2D eigenvalue weighted by atomic mass is 9.99. The lowest BCUT2D eigenvalue weighted by molar-refractivity contribution is 0.0980. The Hall–Kier alpha value is -0.580. The number of nitrogens with zero attached hydrogens (tertiary/aromatic N) is 1. The zero-order valence-corrected chi connectivity index (χ0v) is 10.2. The summed E-state index contributed by atoms with van der Waals surface area (Å²) in [6, 6.07) is 6.18. The molecule has 1 heterocycles. The number of rotatable bonds is 1. The van der Waals surface area contributed by atoms with E-state index < -0.39 is 0 Å². The molecule has 0 saturated heterocycles. The van der Waals surface area contributed by atoms with Crippen molar-refractivity contribution in [2.45, 2.75) is 10.8 Å². The van der Waals surface area contributed by atoms with Crippen molar-refractivity contribution in [3.63, 3.8) is 0 Å². The Kier molecular flexibility index (Phi) is 2.76. The van der Waals surface area contributed by atoms with E-state index in [2.05, 4.69) is 39.6 Å². The largest absolute Gasteiger partial charge is 0.374 e. The summed E-state index contributed by atoms with van der Waals surface area (Å²) in [6.45, 7) is 0.843. The SMILES string of the molecule is CN1CCC(=O)c2cc(CI)ccc21. The molecular weight excluding hydrogens is 289 g/mol. The molecule has 2 nitrogen and oxygen atoms in total. The van der Waals surface area contributed by atoms with Gasteiger partial charge in [0.15, 0.2) is 5.78 Å². The molecule has 0 spiro atoms. The van der Waals surface area contributed by atoms with Crippen molar-refractivity contribution >= 4 is 34.1 Å². The Morgan fingerprint density at radius 1 is 1.50 bits per heavy atom. The second-order valence-electron chi connectivity index (χ2n) is 3.58. The van der Waals surface area contributed by atoms with E-state index in [4.69, 9.17) is 0 Å².